The molecule has 0 saturated heterocycles. The van der Waals surface area contributed by atoms with Crippen LogP contribution in [0.4, 0.5) is 0 Å². The molecule has 4 unspecified atom stereocenters. The van der Waals surface area contributed by atoms with Crippen LogP contribution >= 0.6 is 0 Å². The smallest absolute Gasteiger partial charge is 0.150 e. The second kappa shape index (κ2) is 8.06. The Balaban J connectivity index is 1.19. The van der Waals surface area contributed by atoms with Gasteiger partial charge in [0.2, 0.25) is 0 Å². The van der Waals surface area contributed by atoms with Crippen molar-refractivity contribution in [3.8, 4) is 0 Å². The van der Waals surface area contributed by atoms with Crippen molar-refractivity contribution in [3.63, 3.8) is 0 Å². The third-order valence-corrected chi connectivity index (χ3v) is 9.91. The highest BCUT2D eigenvalue weighted by atomic mass is 16.6. The third-order valence-electron chi connectivity index (χ3n) is 9.91. The minimum atomic E-state index is 0.382. The lowest BCUT2D eigenvalue weighted by Crippen LogP contribution is -2.52. The minimum absolute atomic E-state index is 0.382. The standard InChI is InChI=1S/C26H39N3O2/c1-17-4-7-23-22-6-5-18-14-19(28-30-13-10-20-15-21(16-27)31-29-20)8-11-26(18,3)24(22)9-12-25(17,23)2/h15,18,22-24H,1,4-14,16,27H2,2-3H3/t18?,22?,23?,24?,25-,26+/m1/s1. The Kier molecular flexibility index (Phi) is 5.52. The van der Waals surface area contributed by atoms with Gasteiger partial charge in [0.05, 0.1) is 18.0 Å². The molecule has 2 N–H and O–H groups in total. The Morgan fingerprint density at radius 1 is 1.19 bits per heavy atom. The molecule has 170 valence electrons. The van der Waals surface area contributed by atoms with Crippen molar-refractivity contribution in [1.82, 2.24) is 5.16 Å². The van der Waals surface area contributed by atoms with Gasteiger partial charge in [-0.15, -0.1) is 0 Å². The number of allylic oxidation sites excluding steroid dienone is 1. The fraction of sp³-hybridized carbons (Fsp3) is 0.769. The van der Waals surface area contributed by atoms with E-state index in [1.54, 1.807) is 5.57 Å². The molecule has 0 bridgehead atoms. The highest BCUT2D eigenvalue weighted by Gasteiger charge is 2.58. The van der Waals surface area contributed by atoms with Crippen LogP contribution in [-0.4, -0.2) is 17.5 Å². The van der Waals surface area contributed by atoms with E-state index in [9.17, 15) is 0 Å². The van der Waals surface area contributed by atoms with Crippen LogP contribution in [0.5, 0.6) is 0 Å². The lowest BCUT2D eigenvalue weighted by Gasteiger charge is -2.60. The number of rotatable bonds is 5. The van der Waals surface area contributed by atoms with Gasteiger partial charge in [0.25, 0.3) is 0 Å². The van der Waals surface area contributed by atoms with Gasteiger partial charge in [-0.2, -0.15) is 0 Å². The molecule has 5 rings (SSSR count). The van der Waals surface area contributed by atoms with Crippen molar-refractivity contribution in [2.24, 2.45) is 45.4 Å². The molecule has 0 spiro atoms. The van der Waals surface area contributed by atoms with Crippen LogP contribution in [-0.2, 0) is 17.8 Å². The number of nitrogens with two attached hydrogens (primary N) is 1. The first-order valence-electron chi connectivity index (χ1n) is 12.4. The first-order valence-corrected chi connectivity index (χ1v) is 12.4. The summed E-state index contributed by atoms with van der Waals surface area (Å²) in [5, 5.41) is 8.56. The van der Waals surface area contributed by atoms with Crippen molar-refractivity contribution in [2.45, 2.75) is 84.6 Å². The summed E-state index contributed by atoms with van der Waals surface area (Å²) in [5.74, 6) is 4.16. The van der Waals surface area contributed by atoms with E-state index in [0.29, 0.717) is 36.2 Å². The molecule has 4 aliphatic rings. The van der Waals surface area contributed by atoms with Crippen molar-refractivity contribution < 1.29 is 9.36 Å². The molecule has 0 radical (unpaired) electrons. The first-order chi connectivity index (χ1) is 14.9. The maximum absolute atomic E-state index is 5.69. The van der Waals surface area contributed by atoms with Crippen LogP contribution in [0.3, 0.4) is 0 Å². The maximum Gasteiger partial charge on any atom is 0.150 e. The topological polar surface area (TPSA) is 73.6 Å². The summed E-state index contributed by atoms with van der Waals surface area (Å²) < 4.78 is 5.14. The summed E-state index contributed by atoms with van der Waals surface area (Å²) in [6.07, 6.45) is 12.4. The zero-order chi connectivity index (χ0) is 21.6. The van der Waals surface area contributed by atoms with Crippen molar-refractivity contribution in [3.05, 3.63) is 29.7 Å². The minimum Gasteiger partial charge on any atom is -0.395 e. The summed E-state index contributed by atoms with van der Waals surface area (Å²) in [7, 11) is 0. The molecule has 1 aromatic heterocycles. The Hall–Kier alpha value is -1.62. The van der Waals surface area contributed by atoms with E-state index >= 15 is 0 Å². The Bertz CT molecular complexity index is 861. The van der Waals surface area contributed by atoms with Gasteiger partial charge < -0.3 is 15.1 Å². The van der Waals surface area contributed by atoms with Crippen LogP contribution in [0.15, 0.2) is 27.9 Å². The molecule has 0 aliphatic heterocycles. The zero-order valence-electron chi connectivity index (χ0n) is 19.4. The third kappa shape index (κ3) is 3.57. The molecule has 5 nitrogen and oxygen atoms in total. The molecule has 1 aromatic rings. The number of oxime groups is 1. The number of nitrogens with zero attached hydrogens (tertiary/aromatic N) is 2. The van der Waals surface area contributed by atoms with Gasteiger partial charge in [-0.25, -0.2) is 0 Å². The van der Waals surface area contributed by atoms with E-state index < -0.39 is 0 Å². The molecule has 31 heavy (non-hydrogen) atoms. The molecule has 4 fully saturated rings. The molecule has 0 aromatic carbocycles. The van der Waals surface area contributed by atoms with Crippen molar-refractivity contribution in [2.75, 3.05) is 6.61 Å². The van der Waals surface area contributed by atoms with E-state index in [1.807, 2.05) is 6.07 Å². The van der Waals surface area contributed by atoms with Gasteiger partial charge in [-0.05, 0) is 92.3 Å². The van der Waals surface area contributed by atoms with Crippen LogP contribution in [0, 0.1) is 34.5 Å². The quantitative estimate of drug-likeness (QED) is 0.376. The molecule has 4 saturated carbocycles. The summed E-state index contributed by atoms with van der Waals surface area (Å²) in [6, 6.07) is 1.90. The zero-order valence-corrected chi connectivity index (χ0v) is 19.4. The molecule has 4 aliphatic carbocycles. The molecular formula is C26H39N3O2. The van der Waals surface area contributed by atoms with Gasteiger partial charge in [-0.1, -0.05) is 36.3 Å². The lowest BCUT2D eigenvalue weighted by atomic mass is 9.45. The van der Waals surface area contributed by atoms with E-state index in [0.717, 1.165) is 42.2 Å². The van der Waals surface area contributed by atoms with Crippen LogP contribution in [0.2, 0.25) is 0 Å². The Morgan fingerprint density at radius 2 is 2.06 bits per heavy atom. The monoisotopic (exact) mass is 425 g/mol. The number of hydrogen-bond acceptors (Lipinski definition) is 5. The molecular weight excluding hydrogens is 386 g/mol. The SMILES string of the molecule is C=C1CCC2C3CCC4CC(=NOCCc5cc(CN)on5)CC[C@]4(C)C3CC[C@]12C. The number of fused-ring (bicyclic) bond motifs is 5. The van der Waals surface area contributed by atoms with Gasteiger partial charge in [0.1, 0.15) is 6.61 Å². The van der Waals surface area contributed by atoms with Crippen LogP contribution in [0.1, 0.15) is 83.1 Å². The first kappa shape index (κ1) is 21.2. The summed E-state index contributed by atoms with van der Waals surface area (Å²) in [6.45, 7) is 10.5. The normalized spacial score (nSPS) is 41.0. The average Bonchev–Trinajstić information content (AvgIpc) is 3.35. The molecule has 6 atom stereocenters. The van der Waals surface area contributed by atoms with E-state index in [1.165, 1.54) is 50.7 Å². The van der Waals surface area contributed by atoms with Gasteiger partial charge >= 0.3 is 0 Å². The van der Waals surface area contributed by atoms with Gasteiger partial charge in [0, 0.05) is 12.5 Å². The molecule has 1 heterocycles. The van der Waals surface area contributed by atoms with Crippen molar-refractivity contribution >= 4 is 5.71 Å². The fourth-order valence-corrected chi connectivity index (χ4v) is 7.91. The van der Waals surface area contributed by atoms with Crippen LogP contribution < -0.4 is 5.73 Å². The highest BCUT2D eigenvalue weighted by Crippen LogP contribution is 2.66. The Morgan fingerprint density at radius 3 is 2.87 bits per heavy atom. The summed E-state index contributed by atoms with van der Waals surface area (Å²) in [4.78, 5) is 5.69. The molecule has 5 heteroatoms. The van der Waals surface area contributed by atoms with Crippen molar-refractivity contribution in [1.29, 1.82) is 0 Å². The lowest BCUT2D eigenvalue weighted by molar-refractivity contribution is -0.0859. The maximum atomic E-state index is 5.69. The van der Waals surface area contributed by atoms with E-state index in [4.69, 9.17) is 15.1 Å². The number of hydrogen-bond donors (Lipinski definition) is 1. The second-order valence-electron chi connectivity index (χ2n) is 11.2. The number of aromatic nitrogens is 1. The summed E-state index contributed by atoms with van der Waals surface area (Å²) >= 11 is 0. The van der Waals surface area contributed by atoms with Gasteiger partial charge in [-0.3, -0.25) is 0 Å². The molecule has 0 amide bonds. The second-order valence-corrected chi connectivity index (χ2v) is 11.2. The highest BCUT2D eigenvalue weighted by molar-refractivity contribution is 5.85. The fourth-order valence-electron chi connectivity index (χ4n) is 7.91. The average molecular weight is 426 g/mol. The predicted molar refractivity (Wildman–Crippen MR) is 122 cm³/mol. The van der Waals surface area contributed by atoms with E-state index in [-0.39, 0.29) is 0 Å². The Labute approximate surface area is 186 Å². The predicted octanol–water partition coefficient (Wildman–Crippen LogP) is 5.65. The van der Waals surface area contributed by atoms with E-state index in [2.05, 4.69) is 30.7 Å². The largest absolute Gasteiger partial charge is 0.395 e. The summed E-state index contributed by atoms with van der Waals surface area (Å²) in [5.41, 5.74) is 10.2. The van der Waals surface area contributed by atoms with Crippen LogP contribution in [0.25, 0.3) is 0 Å². The van der Waals surface area contributed by atoms with Gasteiger partial charge in [0.15, 0.2) is 5.76 Å².